The van der Waals surface area contributed by atoms with Crippen LogP contribution in [0.5, 0.6) is 0 Å². The van der Waals surface area contributed by atoms with Gasteiger partial charge in [0.2, 0.25) is 0 Å². The molecule has 0 bridgehead atoms. The molecule has 2 rings (SSSR count). The predicted molar refractivity (Wildman–Crippen MR) is 78.7 cm³/mol. The van der Waals surface area contributed by atoms with Crippen molar-refractivity contribution in [1.29, 1.82) is 0 Å². The van der Waals surface area contributed by atoms with E-state index in [0.29, 0.717) is 19.6 Å². The molecule has 1 aliphatic rings. The van der Waals surface area contributed by atoms with Crippen LogP contribution >= 0.6 is 0 Å². The molecule has 1 saturated carbocycles. The molecule has 0 spiro atoms. The molecule has 0 aromatic heterocycles. The summed E-state index contributed by atoms with van der Waals surface area (Å²) in [6.07, 6.45) is 2.04. The lowest BCUT2D eigenvalue weighted by Crippen LogP contribution is -2.26. The second-order valence-electron chi connectivity index (χ2n) is 5.42. The number of carbonyl (C=O) groups excluding carboxylic acids is 2. The zero-order valence-corrected chi connectivity index (χ0v) is 12.6. The molecule has 0 saturated heterocycles. The third-order valence-corrected chi connectivity index (χ3v) is 3.93. The van der Waals surface area contributed by atoms with Crippen molar-refractivity contribution < 1.29 is 19.1 Å². The van der Waals surface area contributed by atoms with E-state index in [9.17, 15) is 9.59 Å². The molecule has 21 heavy (non-hydrogen) atoms. The summed E-state index contributed by atoms with van der Waals surface area (Å²) in [5.74, 6) is -0.854. The first-order valence-electron chi connectivity index (χ1n) is 7.52. The van der Waals surface area contributed by atoms with Crippen molar-refractivity contribution >= 4 is 11.9 Å². The van der Waals surface area contributed by atoms with E-state index in [1.54, 1.807) is 13.8 Å². The van der Waals surface area contributed by atoms with Gasteiger partial charge >= 0.3 is 11.9 Å². The lowest BCUT2D eigenvalue weighted by atomic mass is 9.86. The van der Waals surface area contributed by atoms with Gasteiger partial charge in [0.15, 0.2) is 0 Å². The topological polar surface area (TPSA) is 52.6 Å². The summed E-state index contributed by atoms with van der Waals surface area (Å²) >= 11 is 0. The van der Waals surface area contributed by atoms with Gasteiger partial charge in [-0.05, 0) is 38.7 Å². The fourth-order valence-electron chi connectivity index (χ4n) is 2.58. The molecule has 1 unspecified atom stereocenters. The van der Waals surface area contributed by atoms with Gasteiger partial charge in [-0.1, -0.05) is 30.3 Å². The highest BCUT2D eigenvalue weighted by molar-refractivity contribution is 5.83. The van der Waals surface area contributed by atoms with Crippen LogP contribution in [0.2, 0.25) is 0 Å². The summed E-state index contributed by atoms with van der Waals surface area (Å²) in [5.41, 5.74) is 0.398. The Morgan fingerprint density at radius 3 is 2.24 bits per heavy atom. The highest BCUT2D eigenvalue weighted by Gasteiger charge is 2.53. The SMILES string of the molecule is CCOC(=O)C(CC1(C(=O)OCC)CC1)c1ccccc1. The van der Waals surface area contributed by atoms with Crippen LogP contribution in [0.3, 0.4) is 0 Å². The van der Waals surface area contributed by atoms with E-state index in [0.717, 1.165) is 18.4 Å². The molecule has 4 nitrogen and oxygen atoms in total. The van der Waals surface area contributed by atoms with Crippen LogP contribution in [0, 0.1) is 5.41 Å². The maximum absolute atomic E-state index is 12.3. The molecule has 1 aliphatic carbocycles. The number of hydrogen-bond donors (Lipinski definition) is 0. The summed E-state index contributed by atoms with van der Waals surface area (Å²) in [5, 5.41) is 0. The average Bonchev–Trinajstić information content (AvgIpc) is 3.27. The molecule has 1 aromatic carbocycles. The van der Waals surface area contributed by atoms with Crippen LogP contribution in [0.1, 0.15) is 44.6 Å². The molecule has 0 aliphatic heterocycles. The normalized spacial score (nSPS) is 16.9. The predicted octanol–water partition coefficient (Wildman–Crippen LogP) is 3.07. The molecular formula is C17H22O4. The Bertz CT molecular complexity index is 491. The van der Waals surface area contributed by atoms with Crippen molar-refractivity contribution in [3.63, 3.8) is 0 Å². The van der Waals surface area contributed by atoms with Gasteiger partial charge in [0, 0.05) is 0 Å². The molecule has 0 heterocycles. The second-order valence-corrected chi connectivity index (χ2v) is 5.42. The van der Waals surface area contributed by atoms with E-state index in [1.807, 2.05) is 30.3 Å². The molecule has 0 N–H and O–H groups in total. The van der Waals surface area contributed by atoms with Crippen molar-refractivity contribution in [3.05, 3.63) is 35.9 Å². The van der Waals surface area contributed by atoms with Crippen LogP contribution in [-0.2, 0) is 19.1 Å². The van der Waals surface area contributed by atoms with Gasteiger partial charge in [-0.3, -0.25) is 9.59 Å². The van der Waals surface area contributed by atoms with Crippen LogP contribution in [-0.4, -0.2) is 25.2 Å². The Morgan fingerprint density at radius 1 is 1.10 bits per heavy atom. The maximum Gasteiger partial charge on any atom is 0.313 e. The van der Waals surface area contributed by atoms with Gasteiger partial charge in [-0.2, -0.15) is 0 Å². The number of carbonyl (C=O) groups is 2. The molecule has 1 aromatic rings. The van der Waals surface area contributed by atoms with Gasteiger partial charge in [-0.25, -0.2) is 0 Å². The van der Waals surface area contributed by atoms with Gasteiger partial charge in [0.25, 0.3) is 0 Å². The van der Waals surface area contributed by atoms with Crippen LogP contribution in [0.15, 0.2) is 30.3 Å². The van der Waals surface area contributed by atoms with E-state index in [1.165, 1.54) is 0 Å². The van der Waals surface area contributed by atoms with Crippen LogP contribution < -0.4 is 0 Å². The van der Waals surface area contributed by atoms with E-state index >= 15 is 0 Å². The molecule has 1 fully saturated rings. The lowest BCUT2D eigenvalue weighted by Gasteiger charge is -2.21. The van der Waals surface area contributed by atoms with Crippen molar-refractivity contribution in [2.75, 3.05) is 13.2 Å². The minimum Gasteiger partial charge on any atom is -0.466 e. The third kappa shape index (κ3) is 3.63. The largest absolute Gasteiger partial charge is 0.466 e. The number of hydrogen-bond acceptors (Lipinski definition) is 4. The van der Waals surface area contributed by atoms with E-state index in [2.05, 4.69) is 0 Å². The van der Waals surface area contributed by atoms with Crippen LogP contribution in [0.25, 0.3) is 0 Å². The highest BCUT2D eigenvalue weighted by atomic mass is 16.5. The monoisotopic (exact) mass is 290 g/mol. The summed E-state index contributed by atoms with van der Waals surface area (Å²) in [6.45, 7) is 4.30. The van der Waals surface area contributed by atoms with E-state index in [4.69, 9.17) is 9.47 Å². The minimum absolute atomic E-state index is 0.185. The number of esters is 2. The van der Waals surface area contributed by atoms with Crippen molar-refractivity contribution in [2.45, 2.75) is 39.0 Å². The fraction of sp³-hybridized carbons (Fsp3) is 0.529. The smallest absolute Gasteiger partial charge is 0.313 e. The zero-order valence-electron chi connectivity index (χ0n) is 12.6. The second kappa shape index (κ2) is 6.74. The maximum atomic E-state index is 12.3. The number of rotatable bonds is 7. The van der Waals surface area contributed by atoms with Crippen molar-refractivity contribution in [2.24, 2.45) is 5.41 Å². The summed E-state index contributed by atoms with van der Waals surface area (Å²) in [7, 11) is 0. The van der Waals surface area contributed by atoms with Gasteiger partial charge < -0.3 is 9.47 Å². The van der Waals surface area contributed by atoms with Crippen LogP contribution in [0.4, 0.5) is 0 Å². The first kappa shape index (κ1) is 15.5. The van der Waals surface area contributed by atoms with E-state index in [-0.39, 0.29) is 11.9 Å². The number of ether oxygens (including phenoxy) is 2. The Kier molecular flexibility index (Phi) is 4.99. The molecular weight excluding hydrogens is 268 g/mol. The summed E-state index contributed by atoms with van der Waals surface area (Å²) < 4.78 is 10.3. The lowest BCUT2D eigenvalue weighted by molar-refractivity contribution is -0.151. The third-order valence-electron chi connectivity index (χ3n) is 3.93. The quantitative estimate of drug-likeness (QED) is 0.724. The van der Waals surface area contributed by atoms with Gasteiger partial charge in [0.1, 0.15) is 0 Å². The molecule has 1 atom stereocenters. The summed E-state index contributed by atoms with van der Waals surface area (Å²) in [4.78, 5) is 24.4. The Labute approximate surface area is 125 Å². The average molecular weight is 290 g/mol. The fourth-order valence-corrected chi connectivity index (χ4v) is 2.58. The molecule has 4 heteroatoms. The van der Waals surface area contributed by atoms with Gasteiger partial charge in [0.05, 0.1) is 24.5 Å². The number of benzene rings is 1. The standard InChI is InChI=1S/C17H22O4/c1-3-20-15(18)14(13-8-6-5-7-9-13)12-17(10-11-17)16(19)21-4-2/h5-9,14H,3-4,10-12H2,1-2H3. The minimum atomic E-state index is -0.497. The Hall–Kier alpha value is -1.84. The first-order chi connectivity index (χ1) is 10.1. The Balaban J connectivity index is 2.17. The van der Waals surface area contributed by atoms with Gasteiger partial charge in [-0.15, -0.1) is 0 Å². The molecule has 114 valence electrons. The molecule has 0 radical (unpaired) electrons. The molecule has 0 amide bonds. The van der Waals surface area contributed by atoms with E-state index < -0.39 is 11.3 Å². The zero-order chi connectivity index (χ0) is 15.3. The van der Waals surface area contributed by atoms with Crippen molar-refractivity contribution in [1.82, 2.24) is 0 Å². The first-order valence-corrected chi connectivity index (χ1v) is 7.52. The Morgan fingerprint density at radius 2 is 1.71 bits per heavy atom. The van der Waals surface area contributed by atoms with Crippen molar-refractivity contribution in [3.8, 4) is 0 Å². The highest BCUT2D eigenvalue weighted by Crippen LogP contribution is 2.53. The summed E-state index contributed by atoms with van der Waals surface area (Å²) in [6, 6.07) is 9.51.